The van der Waals surface area contributed by atoms with Crippen LogP contribution in [0.3, 0.4) is 0 Å². The number of nitrogens with zero attached hydrogens (tertiary/aromatic N) is 4. The SMILES string of the molecule is COc1ccc(-c2nn(-c3ccccc3)cc2CN2CC=C(c3c[nH]c4ncccc34)CC2)cc1. The fourth-order valence-electron chi connectivity index (χ4n) is 4.79. The van der Waals surface area contributed by atoms with Gasteiger partial charge in [-0.25, -0.2) is 9.67 Å². The van der Waals surface area contributed by atoms with Crippen molar-refractivity contribution in [2.75, 3.05) is 20.2 Å². The second-order valence-electron chi connectivity index (χ2n) is 8.83. The standard InChI is InChI=1S/C29H27N5O/c1-35-25-11-9-22(10-12-25)28-23(20-34(32-28)24-6-3-2-4-7-24)19-33-16-13-21(14-17-33)27-18-31-29-26(27)8-5-15-30-29/h2-13,15,18,20H,14,16-17,19H2,1H3,(H,30,31). The van der Waals surface area contributed by atoms with Crippen molar-refractivity contribution in [2.24, 2.45) is 0 Å². The number of hydrogen-bond acceptors (Lipinski definition) is 4. The molecule has 174 valence electrons. The molecular formula is C29H27N5O. The number of nitrogens with one attached hydrogen (secondary N) is 1. The zero-order valence-electron chi connectivity index (χ0n) is 19.7. The van der Waals surface area contributed by atoms with E-state index in [1.807, 2.05) is 47.3 Å². The molecule has 3 aromatic heterocycles. The summed E-state index contributed by atoms with van der Waals surface area (Å²) in [4.78, 5) is 10.2. The Hall–Kier alpha value is -4.16. The highest BCUT2D eigenvalue weighted by Gasteiger charge is 2.19. The number of aromatic amines is 1. The minimum Gasteiger partial charge on any atom is -0.497 e. The molecule has 6 heteroatoms. The Kier molecular flexibility index (Phi) is 5.64. The molecule has 0 atom stereocenters. The average Bonchev–Trinajstić information content (AvgIpc) is 3.55. The van der Waals surface area contributed by atoms with Crippen molar-refractivity contribution in [3.8, 4) is 22.7 Å². The Labute approximate surface area is 204 Å². The number of pyridine rings is 1. The zero-order chi connectivity index (χ0) is 23.6. The molecule has 4 heterocycles. The minimum absolute atomic E-state index is 0.841. The lowest BCUT2D eigenvalue weighted by molar-refractivity contribution is 0.294. The third-order valence-electron chi connectivity index (χ3n) is 6.66. The highest BCUT2D eigenvalue weighted by atomic mass is 16.5. The first-order valence-corrected chi connectivity index (χ1v) is 11.9. The predicted molar refractivity (Wildman–Crippen MR) is 140 cm³/mol. The lowest BCUT2D eigenvalue weighted by Gasteiger charge is -2.26. The average molecular weight is 462 g/mol. The van der Waals surface area contributed by atoms with E-state index in [0.717, 1.165) is 54.4 Å². The van der Waals surface area contributed by atoms with Gasteiger partial charge in [-0.2, -0.15) is 5.10 Å². The first kappa shape index (κ1) is 21.4. The normalized spacial score (nSPS) is 14.3. The van der Waals surface area contributed by atoms with E-state index in [1.165, 1.54) is 22.1 Å². The van der Waals surface area contributed by atoms with E-state index in [4.69, 9.17) is 9.84 Å². The van der Waals surface area contributed by atoms with Crippen molar-refractivity contribution in [1.82, 2.24) is 24.6 Å². The number of H-pyrrole nitrogens is 1. The van der Waals surface area contributed by atoms with Crippen LogP contribution in [0.25, 0.3) is 33.6 Å². The van der Waals surface area contributed by atoms with Gasteiger partial charge in [0, 0.05) is 60.3 Å². The second-order valence-corrected chi connectivity index (χ2v) is 8.83. The molecule has 0 fully saturated rings. The smallest absolute Gasteiger partial charge is 0.137 e. The molecule has 0 saturated heterocycles. The molecule has 0 unspecified atom stereocenters. The van der Waals surface area contributed by atoms with Gasteiger partial charge in [0.2, 0.25) is 0 Å². The van der Waals surface area contributed by atoms with Gasteiger partial charge < -0.3 is 9.72 Å². The largest absolute Gasteiger partial charge is 0.497 e. The summed E-state index contributed by atoms with van der Waals surface area (Å²) >= 11 is 0. The first-order chi connectivity index (χ1) is 17.3. The molecule has 1 aliphatic rings. The molecule has 6 nitrogen and oxygen atoms in total. The maximum atomic E-state index is 5.35. The van der Waals surface area contributed by atoms with Gasteiger partial charge in [0.05, 0.1) is 18.5 Å². The highest BCUT2D eigenvalue weighted by molar-refractivity contribution is 5.90. The minimum atomic E-state index is 0.841. The van der Waals surface area contributed by atoms with E-state index >= 15 is 0 Å². The van der Waals surface area contributed by atoms with E-state index in [1.54, 1.807) is 7.11 Å². The molecule has 1 N–H and O–H groups in total. The summed E-state index contributed by atoms with van der Waals surface area (Å²) in [6, 6.07) is 22.6. The van der Waals surface area contributed by atoms with Crippen molar-refractivity contribution in [3.63, 3.8) is 0 Å². The number of rotatable bonds is 6. The number of fused-ring (bicyclic) bond motifs is 1. The van der Waals surface area contributed by atoms with Crippen LogP contribution in [0.1, 0.15) is 17.5 Å². The van der Waals surface area contributed by atoms with Crippen molar-refractivity contribution in [2.45, 2.75) is 13.0 Å². The molecule has 5 aromatic rings. The fourth-order valence-corrected chi connectivity index (χ4v) is 4.79. The number of aromatic nitrogens is 4. The number of methoxy groups -OCH3 is 1. The Morgan fingerprint density at radius 1 is 1.00 bits per heavy atom. The molecule has 0 bridgehead atoms. The molecule has 2 aromatic carbocycles. The Morgan fingerprint density at radius 3 is 2.63 bits per heavy atom. The second kappa shape index (κ2) is 9.24. The summed E-state index contributed by atoms with van der Waals surface area (Å²) in [5.74, 6) is 0.846. The van der Waals surface area contributed by atoms with Crippen LogP contribution < -0.4 is 4.74 Å². The van der Waals surface area contributed by atoms with Gasteiger partial charge in [-0.1, -0.05) is 24.3 Å². The van der Waals surface area contributed by atoms with Crippen molar-refractivity contribution < 1.29 is 4.74 Å². The molecule has 35 heavy (non-hydrogen) atoms. The van der Waals surface area contributed by atoms with E-state index in [9.17, 15) is 0 Å². The van der Waals surface area contributed by atoms with Gasteiger partial charge in [0.15, 0.2) is 0 Å². The quantitative estimate of drug-likeness (QED) is 0.352. The third kappa shape index (κ3) is 4.24. The molecule has 6 rings (SSSR count). The third-order valence-corrected chi connectivity index (χ3v) is 6.66. The predicted octanol–water partition coefficient (Wildman–Crippen LogP) is 5.71. The molecule has 0 amide bonds. The molecular weight excluding hydrogens is 434 g/mol. The van der Waals surface area contributed by atoms with Gasteiger partial charge >= 0.3 is 0 Å². The van der Waals surface area contributed by atoms with E-state index < -0.39 is 0 Å². The molecule has 1 aliphatic heterocycles. The van der Waals surface area contributed by atoms with Crippen LogP contribution in [0.15, 0.2) is 91.4 Å². The zero-order valence-corrected chi connectivity index (χ0v) is 19.7. The topological polar surface area (TPSA) is 59.0 Å². The monoisotopic (exact) mass is 461 g/mol. The summed E-state index contributed by atoms with van der Waals surface area (Å²) in [6.07, 6.45) is 9.44. The lowest BCUT2D eigenvalue weighted by Crippen LogP contribution is -2.28. The van der Waals surface area contributed by atoms with Crippen molar-refractivity contribution in [1.29, 1.82) is 0 Å². The Bertz CT molecular complexity index is 1480. The van der Waals surface area contributed by atoms with Crippen LogP contribution in [0.4, 0.5) is 0 Å². The van der Waals surface area contributed by atoms with Crippen LogP contribution in [0.5, 0.6) is 5.75 Å². The maximum Gasteiger partial charge on any atom is 0.137 e. The molecule has 0 radical (unpaired) electrons. The highest BCUT2D eigenvalue weighted by Crippen LogP contribution is 2.31. The number of hydrogen-bond donors (Lipinski definition) is 1. The van der Waals surface area contributed by atoms with Crippen LogP contribution >= 0.6 is 0 Å². The number of benzene rings is 2. The van der Waals surface area contributed by atoms with Crippen molar-refractivity contribution >= 4 is 16.6 Å². The van der Waals surface area contributed by atoms with Crippen LogP contribution in [0, 0.1) is 0 Å². The van der Waals surface area contributed by atoms with E-state index in [2.05, 4.69) is 63.7 Å². The van der Waals surface area contributed by atoms with Gasteiger partial charge in [-0.05, 0) is 60.5 Å². The van der Waals surface area contributed by atoms with Gasteiger partial charge in [0.25, 0.3) is 0 Å². The van der Waals surface area contributed by atoms with Crippen LogP contribution in [-0.2, 0) is 6.54 Å². The summed E-state index contributed by atoms with van der Waals surface area (Å²) < 4.78 is 7.34. The maximum absolute atomic E-state index is 5.35. The lowest BCUT2D eigenvalue weighted by atomic mass is 9.99. The number of ether oxygens (including phenoxy) is 1. The summed E-state index contributed by atoms with van der Waals surface area (Å²) in [7, 11) is 1.69. The summed E-state index contributed by atoms with van der Waals surface area (Å²) in [5, 5.41) is 6.18. The van der Waals surface area contributed by atoms with Crippen molar-refractivity contribution in [3.05, 3.63) is 103 Å². The number of para-hydroxylation sites is 1. The van der Waals surface area contributed by atoms with Gasteiger partial charge in [-0.15, -0.1) is 0 Å². The molecule has 0 aliphatic carbocycles. The van der Waals surface area contributed by atoms with Gasteiger partial charge in [-0.3, -0.25) is 4.90 Å². The molecule has 0 spiro atoms. The Morgan fingerprint density at radius 2 is 1.86 bits per heavy atom. The van der Waals surface area contributed by atoms with E-state index in [0.29, 0.717) is 0 Å². The Balaban J connectivity index is 1.28. The molecule has 0 saturated carbocycles. The van der Waals surface area contributed by atoms with E-state index in [-0.39, 0.29) is 0 Å². The van der Waals surface area contributed by atoms with Crippen LogP contribution in [-0.4, -0.2) is 44.8 Å². The fraction of sp³-hybridized carbons (Fsp3) is 0.172. The first-order valence-electron chi connectivity index (χ1n) is 11.9. The van der Waals surface area contributed by atoms with Gasteiger partial charge in [0.1, 0.15) is 11.4 Å². The van der Waals surface area contributed by atoms with Crippen LogP contribution in [0.2, 0.25) is 0 Å². The summed E-state index contributed by atoms with van der Waals surface area (Å²) in [6.45, 7) is 2.74. The summed E-state index contributed by atoms with van der Waals surface area (Å²) in [5.41, 5.74) is 7.97.